The highest BCUT2D eigenvalue weighted by Crippen LogP contribution is 2.60. The summed E-state index contributed by atoms with van der Waals surface area (Å²) in [4.78, 5) is 0. The SMILES string of the molecule is CC1(C)c2ccccc2-c2cc3c(cc21)-c1ccc(-c2ccc4ccc5c(-c6ccc(-c7ccc8ccccc8c7)cc6)ccc6ccc2c4c65)cc1C3(C)C.CC1(C)c2ccccc2-c2cc3c(cc21)-c1ccc(-c2ccc4ccc5c(-c6cccc(-c7ccc8ccccc8c7)c6)ccc6ccc2c4c65)cc1C3(C)C. The average molecular weight is 1430 g/mol. The largest absolute Gasteiger partial charge is 0.0619 e. The van der Waals surface area contributed by atoms with E-state index in [-0.39, 0.29) is 21.7 Å². The molecular weight excluding hydrogens is 1350 g/mol. The molecule has 0 bridgehead atoms. The summed E-state index contributed by atoms with van der Waals surface area (Å²) in [6.45, 7) is 19.2. The van der Waals surface area contributed by atoms with Gasteiger partial charge in [-0.1, -0.05) is 341 Å². The molecule has 0 fully saturated rings. The quantitative estimate of drug-likeness (QED) is 0.146. The van der Waals surface area contributed by atoms with Crippen LogP contribution in [-0.2, 0) is 21.7 Å². The molecule has 20 aromatic rings. The highest BCUT2D eigenvalue weighted by Gasteiger charge is 2.44. The molecule has 0 aromatic heterocycles. The Morgan fingerprint density at radius 1 is 0.134 bits per heavy atom. The van der Waals surface area contributed by atoms with E-state index >= 15 is 0 Å². The summed E-state index contributed by atoms with van der Waals surface area (Å²) in [6.07, 6.45) is 0. The van der Waals surface area contributed by atoms with E-state index < -0.39 is 0 Å². The molecule has 24 rings (SSSR count). The fraction of sp³-hybridized carbons (Fsp3) is 0.107. The number of fused-ring (bicyclic) bond motifs is 14. The molecule has 0 saturated carbocycles. The van der Waals surface area contributed by atoms with Crippen molar-refractivity contribution in [1.82, 2.24) is 0 Å². The molecule has 4 aliphatic rings. The number of hydrogen-bond donors (Lipinski definition) is 0. The van der Waals surface area contributed by atoms with Crippen molar-refractivity contribution < 1.29 is 0 Å². The lowest BCUT2D eigenvalue weighted by molar-refractivity contribution is 0.652. The lowest BCUT2D eigenvalue weighted by Gasteiger charge is -2.24. The highest BCUT2D eigenvalue weighted by molar-refractivity contribution is 6.29. The van der Waals surface area contributed by atoms with E-state index in [4.69, 9.17) is 0 Å². The molecule has 0 heteroatoms. The topological polar surface area (TPSA) is 0 Å². The lowest BCUT2D eigenvalue weighted by Crippen LogP contribution is -2.17. The molecular formula is C112H80. The van der Waals surface area contributed by atoms with Crippen LogP contribution in [0.15, 0.2) is 340 Å². The molecule has 0 nitrogen and oxygen atoms in total. The third kappa shape index (κ3) is 9.24. The van der Waals surface area contributed by atoms with E-state index in [1.54, 1.807) is 0 Å². The van der Waals surface area contributed by atoms with Crippen LogP contribution < -0.4 is 0 Å². The molecule has 0 unspecified atom stereocenters. The highest BCUT2D eigenvalue weighted by atomic mass is 14.5. The molecule has 20 aromatic carbocycles. The second-order valence-corrected chi connectivity index (χ2v) is 34.6. The van der Waals surface area contributed by atoms with Gasteiger partial charge in [-0.15, -0.1) is 0 Å². The molecule has 0 saturated heterocycles. The predicted molar refractivity (Wildman–Crippen MR) is 478 cm³/mol. The first-order chi connectivity index (χ1) is 54.5. The number of rotatable bonds is 6. The van der Waals surface area contributed by atoms with E-state index in [0.29, 0.717) is 0 Å². The fourth-order valence-electron chi connectivity index (χ4n) is 21.2. The van der Waals surface area contributed by atoms with Crippen molar-refractivity contribution in [1.29, 1.82) is 0 Å². The molecule has 4 aliphatic carbocycles. The Morgan fingerprint density at radius 2 is 0.393 bits per heavy atom. The van der Waals surface area contributed by atoms with E-state index in [9.17, 15) is 0 Å². The predicted octanol–water partition coefficient (Wildman–Crippen LogP) is 30.7. The molecule has 0 radical (unpaired) electrons. The maximum atomic E-state index is 2.52. The van der Waals surface area contributed by atoms with Crippen LogP contribution in [0.2, 0.25) is 0 Å². The second-order valence-electron chi connectivity index (χ2n) is 34.6. The molecule has 0 heterocycles. The van der Waals surface area contributed by atoms with Gasteiger partial charge in [-0.2, -0.15) is 0 Å². The van der Waals surface area contributed by atoms with Gasteiger partial charge in [-0.05, 0) is 297 Å². The van der Waals surface area contributed by atoms with Crippen LogP contribution in [-0.4, -0.2) is 0 Å². The minimum Gasteiger partial charge on any atom is -0.0619 e. The Labute approximate surface area is 654 Å². The van der Waals surface area contributed by atoms with Crippen LogP contribution in [0.25, 0.3) is 197 Å². The standard InChI is InChI=1S/2C56H40/c1-55(2)49-15-8-7-14-43(49)47-31-52-48(32-51(47)55)44-25-22-40(30-50(44)56(52,3)4)42-24-19-35-20-26-45-41(23-18-34-21-27-46(42)54(35)53(34)45)39-13-9-12-37(29-39)38-17-16-33-10-5-6-11-36(33)28-38;1-55(2)49-12-8-7-11-43(49)47-31-52-48(32-51(47)55)44-26-23-40(30-50(44)56(52,3)4)42-25-20-37-21-27-45-41(24-19-36-22-28-46(42)54(37)53(36)45)35-16-13-34(14-17-35)39-18-15-33-9-5-6-10-38(33)29-39/h2*5-32H,1-4H3. The zero-order valence-corrected chi connectivity index (χ0v) is 64.3. The first kappa shape index (κ1) is 64.9. The third-order valence-electron chi connectivity index (χ3n) is 27.2. The Kier molecular flexibility index (Phi) is 13.5. The van der Waals surface area contributed by atoms with Gasteiger partial charge in [-0.25, -0.2) is 0 Å². The van der Waals surface area contributed by atoms with Crippen LogP contribution in [0.5, 0.6) is 0 Å². The molecule has 0 amide bonds. The van der Waals surface area contributed by atoms with Crippen molar-refractivity contribution >= 4 is 86.2 Å². The summed E-state index contributed by atoms with van der Waals surface area (Å²) in [5.41, 5.74) is 37.4. The van der Waals surface area contributed by atoms with Crippen LogP contribution in [0.1, 0.15) is 99.9 Å². The maximum Gasteiger partial charge on any atom is 0.0159 e. The summed E-state index contributed by atoms with van der Waals surface area (Å²) in [7, 11) is 0. The van der Waals surface area contributed by atoms with Gasteiger partial charge >= 0.3 is 0 Å². The van der Waals surface area contributed by atoms with Gasteiger partial charge in [-0.3, -0.25) is 0 Å². The first-order valence-corrected chi connectivity index (χ1v) is 40.0. The van der Waals surface area contributed by atoms with Crippen LogP contribution in [0.4, 0.5) is 0 Å². The van der Waals surface area contributed by atoms with E-state index in [1.165, 1.54) is 242 Å². The van der Waals surface area contributed by atoms with Crippen LogP contribution in [0, 0.1) is 0 Å². The molecule has 0 spiro atoms. The summed E-state index contributed by atoms with van der Waals surface area (Å²) in [6, 6.07) is 129. The van der Waals surface area contributed by atoms with Gasteiger partial charge in [0.1, 0.15) is 0 Å². The van der Waals surface area contributed by atoms with Crippen LogP contribution >= 0.6 is 0 Å². The van der Waals surface area contributed by atoms with E-state index in [1.807, 2.05) is 0 Å². The molecule has 0 atom stereocenters. The van der Waals surface area contributed by atoms with E-state index in [2.05, 4.69) is 395 Å². The van der Waals surface area contributed by atoms with Crippen LogP contribution in [0.3, 0.4) is 0 Å². The Balaban J connectivity index is 0.000000134. The smallest absolute Gasteiger partial charge is 0.0159 e. The Hall–Kier alpha value is -13.0. The second kappa shape index (κ2) is 23.3. The molecule has 528 valence electrons. The third-order valence-corrected chi connectivity index (χ3v) is 27.2. The maximum absolute atomic E-state index is 2.52. The fourth-order valence-corrected chi connectivity index (χ4v) is 21.2. The summed E-state index contributed by atoms with van der Waals surface area (Å²) in [5.74, 6) is 0. The Morgan fingerprint density at radius 3 is 0.804 bits per heavy atom. The van der Waals surface area contributed by atoms with Crippen molar-refractivity contribution in [2.75, 3.05) is 0 Å². The van der Waals surface area contributed by atoms with Gasteiger partial charge in [0, 0.05) is 21.7 Å². The molecule has 0 N–H and O–H groups in total. The summed E-state index contributed by atoms with van der Waals surface area (Å²) in [5, 5.41) is 20.9. The van der Waals surface area contributed by atoms with Gasteiger partial charge in [0.15, 0.2) is 0 Å². The lowest BCUT2D eigenvalue weighted by atomic mass is 9.79. The van der Waals surface area contributed by atoms with Gasteiger partial charge in [0.2, 0.25) is 0 Å². The average Bonchev–Trinajstić information content (AvgIpc) is 1.56. The normalized spacial score (nSPS) is 14.7. The van der Waals surface area contributed by atoms with Gasteiger partial charge in [0.25, 0.3) is 0 Å². The molecule has 112 heavy (non-hydrogen) atoms. The number of hydrogen-bond acceptors (Lipinski definition) is 0. The van der Waals surface area contributed by atoms with Crippen molar-refractivity contribution in [2.24, 2.45) is 0 Å². The monoisotopic (exact) mass is 1420 g/mol. The van der Waals surface area contributed by atoms with Crippen molar-refractivity contribution in [3.8, 4) is 111 Å². The first-order valence-electron chi connectivity index (χ1n) is 40.0. The zero-order chi connectivity index (χ0) is 75.0. The van der Waals surface area contributed by atoms with Crippen molar-refractivity contribution in [2.45, 2.75) is 77.0 Å². The van der Waals surface area contributed by atoms with Gasteiger partial charge < -0.3 is 0 Å². The Bertz CT molecular complexity index is 7470. The van der Waals surface area contributed by atoms with Crippen molar-refractivity contribution in [3.63, 3.8) is 0 Å². The zero-order valence-electron chi connectivity index (χ0n) is 64.3. The summed E-state index contributed by atoms with van der Waals surface area (Å²) < 4.78 is 0. The number of benzene rings is 20. The minimum atomic E-state index is -0.114. The molecule has 0 aliphatic heterocycles. The van der Waals surface area contributed by atoms with Gasteiger partial charge in [0.05, 0.1) is 0 Å². The van der Waals surface area contributed by atoms with Crippen molar-refractivity contribution in [3.05, 3.63) is 384 Å². The minimum absolute atomic E-state index is 0.0171. The van der Waals surface area contributed by atoms with E-state index in [0.717, 1.165) is 0 Å². The summed E-state index contributed by atoms with van der Waals surface area (Å²) >= 11 is 0.